The van der Waals surface area contributed by atoms with Crippen molar-refractivity contribution in [1.82, 2.24) is 10.3 Å². The van der Waals surface area contributed by atoms with E-state index in [1.54, 1.807) is 19.1 Å². The molecule has 20 heavy (non-hydrogen) atoms. The number of amides is 1. The zero-order chi connectivity index (χ0) is 14.7. The molecule has 1 amide bonds. The number of carbonyl (C=O) groups excluding carboxylic acids is 1. The van der Waals surface area contributed by atoms with Crippen LogP contribution in [-0.4, -0.2) is 23.5 Å². The molecule has 2 rings (SSSR count). The standard InChI is InChI=1S/C13H18N4O3/c1-3-4-15-12(18)7(2)16-9-6-10-11(5-8(9)14)20-13(19)17-10/h5-7,16H,3-4,14H2,1-2H3,(H,15,18)(H,17,19). The fourth-order valence-corrected chi connectivity index (χ4v) is 1.84. The van der Waals surface area contributed by atoms with Crippen molar-refractivity contribution in [3.05, 3.63) is 22.7 Å². The Morgan fingerprint density at radius 3 is 2.95 bits per heavy atom. The molecule has 1 aromatic carbocycles. The van der Waals surface area contributed by atoms with E-state index in [2.05, 4.69) is 15.6 Å². The van der Waals surface area contributed by atoms with E-state index < -0.39 is 11.8 Å². The highest BCUT2D eigenvalue weighted by Crippen LogP contribution is 2.24. The van der Waals surface area contributed by atoms with Gasteiger partial charge in [-0.1, -0.05) is 6.92 Å². The van der Waals surface area contributed by atoms with Gasteiger partial charge in [0.05, 0.1) is 16.9 Å². The summed E-state index contributed by atoms with van der Waals surface area (Å²) >= 11 is 0. The third kappa shape index (κ3) is 2.93. The summed E-state index contributed by atoms with van der Waals surface area (Å²) < 4.78 is 4.91. The Morgan fingerprint density at radius 1 is 1.50 bits per heavy atom. The van der Waals surface area contributed by atoms with Gasteiger partial charge in [-0.25, -0.2) is 4.79 Å². The van der Waals surface area contributed by atoms with E-state index in [0.717, 1.165) is 6.42 Å². The SMILES string of the molecule is CCCNC(=O)C(C)Nc1cc2[nH]c(=O)oc2cc1N. The van der Waals surface area contributed by atoms with E-state index in [1.807, 2.05) is 6.92 Å². The van der Waals surface area contributed by atoms with Crippen molar-refractivity contribution in [2.45, 2.75) is 26.3 Å². The minimum absolute atomic E-state index is 0.105. The molecule has 0 spiro atoms. The first kappa shape index (κ1) is 14.0. The molecule has 7 heteroatoms. The number of aromatic amines is 1. The predicted octanol–water partition coefficient (Wildman–Crippen LogP) is 1.03. The van der Waals surface area contributed by atoms with E-state index in [9.17, 15) is 9.59 Å². The molecule has 1 heterocycles. The van der Waals surface area contributed by atoms with Gasteiger partial charge in [0, 0.05) is 12.6 Å². The summed E-state index contributed by atoms with van der Waals surface area (Å²) in [4.78, 5) is 25.5. The van der Waals surface area contributed by atoms with Gasteiger partial charge in [0.25, 0.3) is 0 Å². The molecule has 7 nitrogen and oxygen atoms in total. The average Bonchev–Trinajstić information content (AvgIpc) is 2.75. The molecule has 0 aliphatic heterocycles. The number of anilines is 2. The van der Waals surface area contributed by atoms with Gasteiger partial charge in [0.2, 0.25) is 5.91 Å². The maximum absolute atomic E-state index is 11.8. The van der Waals surface area contributed by atoms with Crippen LogP contribution in [0.25, 0.3) is 11.1 Å². The number of H-pyrrole nitrogens is 1. The van der Waals surface area contributed by atoms with Gasteiger partial charge in [0.15, 0.2) is 5.58 Å². The number of nitrogens with one attached hydrogen (secondary N) is 3. The number of nitrogens with two attached hydrogens (primary N) is 1. The van der Waals surface area contributed by atoms with Gasteiger partial charge >= 0.3 is 5.76 Å². The van der Waals surface area contributed by atoms with Crippen molar-refractivity contribution < 1.29 is 9.21 Å². The van der Waals surface area contributed by atoms with Crippen molar-refractivity contribution in [2.75, 3.05) is 17.6 Å². The highest BCUT2D eigenvalue weighted by molar-refractivity contribution is 5.89. The number of nitrogen functional groups attached to an aromatic ring is 1. The lowest BCUT2D eigenvalue weighted by molar-refractivity contribution is -0.121. The zero-order valence-electron chi connectivity index (χ0n) is 11.4. The van der Waals surface area contributed by atoms with Gasteiger partial charge in [-0.15, -0.1) is 0 Å². The topological polar surface area (TPSA) is 113 Å². The number of fused-ring (bicyclic) bond motifs is 1. The van der Waals surface area contributed by atoms with E-state index in [-0.39, 0.29) is 5.91 Å². The molecule has 0 saturated heterocycles. The fraction of sp³-hybridized carbons (Fsp3) is 0.385. The Hall–Kier alpha value is -2.44. The van der Waals surface area contributed by atoms with Crippen molar-refractivity contribution >= 4 is 28.4 Å². The third-order valence-electron chi connectivity index (χ3n) is 2.91. The molecule has 0 aliphatic rings. The Bertz CT molecular complexity index is 674. The number of hydrogen-bond donors (Lipinski definition) is 4. The number of carbonyl (C=O) groups is 1. The van der Waals surface area contributed by atoms with E-state index >= 15 is 0 Å². The van der Waals surface area contributed by atoms with Crippen LogP contribution < -0.4 is 22.1 Å². The molecule has 0 bridgehead atoms. The van der Waals surface area contributed by atoms with Gasteiger partial charge in [0.1, 0.15) is 6.04 Å². The summed E-state index contributed by atoms with van der Waals surface area (Å²) in [5.74, 6) is -0.641. The molecule has 0 aliphatic carbocycles. The second-order valence-electron chi connectivity index (χ2n) is 4.61. The smallest absolute Gasteiger partial charge is 0.408 e. The molecule has 1 aromatic heterocycles. The molecular weight excluding hydrogens is 260 g/mol. The lowest BCUT2D eigenvalue weighted by atomic mass is 10.2. The van der Waals surface area contributed by atoms with Crippen LogP contribution in [-0.2, 0) is 4.79 Å². The number of aromatic nitrogens is 1. The predicted molar refractivity (Wildman–Crippen MR) is 77.6 cm³/mol. The van der Waals surface area contributed by atoms with E-state index in [4.69, 9.17) is 10.2 Å². The average molecular weight is 278 g/mol. The Labute approximate surface area is 115 Å². The highest BCUT2D eigenvalue weighted by Gasteiger charge is 2.14. The molecule has 0 saturated carbocycles. The van der Waals surface area contributed by atoms with Crippen molar-refractivity contribution in [3.8, 4) is 0 Å². The quantitative estimate of drug-likeness (QED) is 0.610. The number of rotatable bonds is 5. The van der Waals surface area contributed by atoms with Crippen LogP contribution >= 0.6 is 0 Å². The van der Waals surface area contributed by atoms with Crippen LogP contribution in [0.1, 0.15) is 20.3 Å². The van der Waals surface area contributed by atoms with Crippen molar-refractivity contribution in [3.63, 3.8) is 0 Å². The Morgan fingerprint density at radius 2 is 2.25 bits per heavy atom. The van der Waals surface area contributed by atoms with E-state index in [0.29, 0.717) is 29.0 Å². The van der Waals surface area contributed by atoms with Crippen LogP contribution in [0.15, 0.2) is 21.3 Å². The molecule has 108 valence electrons. The zero-order valence-corrected chi connectivity index (χ0v) is 11.4. The number of benzene rings is 1. The summed E-state index contributed by atoms with van der Waals surface area (Å²) in [5.41, 5.74) is 7.79. The fourth-order valence-electron chi connectivity index (χ4n) is 1.84. The van der Waals surface area contributed by atoms with Crippen LogP contribution in [0, 0.1) is 0 Å². The van der Waals surface area contributed by atoms with Crippen LogP contribution in [0.3, 0.4) is 0 Å². The highest BCUT2D eigenvalue weighted by atomic mass is 16.4. The second-order valence-corrected chi connectivity index (χ2v) is 4.61. The maximum atomic E-state index is 11.8. The lowest BCUT2D eigenvalue weighted by Crippen LogP contribution is -2.38. The Kier molecular flexibility index (Phi) is 3.97. The monoisotopic (exact) mass is 278 g/mol. The summed E-state index contributed by atoms with van der Waals surface area (Å²) in [6.07, 6.45) is 0.878. The molecule has 0 fully saturated rings. The molecule has 2 aromatic rings. The van der Waals surface area contributed by atoms with Gasteiger partial charge < -0.3 is 20.8 Å². The molecule has 0 radical (unpaired) electrons. The van der Waals surface area contributed by atoms with E-state index in [1.165, 1.54) is 0 Å². The third-order valence-corrected chi connectivity index (χ3v) is 2.91. The summed E-state index contributed by atoms with van der Waals surface area (Å²) in [5, 5.41) is 5.81. The number of hydrogen-bond acceptors (Lipinski definition) is 5. The van der Waals surface area contributed by atoms with Gasteiger partial charge in [-0.2, -0.15) is 0 Å². The molecule has 5 N–H and O–H groups in total. The molecule has 1 unspecified atom stereocenters. The van der Waals surface area contributed by atoms with Crippen molar-refractivity contribution in [1.29, 1.82) is 0 Å². The van der Waals surface area contributed by atoms with Crippen molar-refractivity contribution in [2.24, 2.45) is 0 Å². The first-order valence-electron chi connectivity index (χ1n) is 6.48. The first-order valence-corrected chi connectivity index (χ1v) is 6.48. The lowest BCUT2D eigenvalue weighted by Gasteiger charge is -2.16. The summed E-state index contributed by atoms with van der Waals surface area (Å²) in [6.45, 7) is 4.36. The summed E-state index contributed by atoms with van der Waals surface area (Å²) in [6, 6.07) is 2.77. The van der Waals surface area contributed by atoms with Crippen LogP contribution in [0.5, 0.6) is 0 Å². The van der Waals surface area contributed by atoms with Gasteiger partial charge in [-0.05, 0) is 19.4 Å². The first-order chi connectivity index (χ1) is 9.51. The Balaban J connectivity index is 2.18. The molecular formula is C13H18N4O3. The summed E-state index contributed by atoms with van der Waals surface area (Å²) in [7, 11) is 0. The second kappa shape index (κ2) is 5.68. The minimum atomic E-state index is -0.537. The molecule has 1 atom stereocenters. The van der Waals surface area contributed by atoms with Gasteiger partial charge in [-0.3, -0.25) is 9.78 Å². The maximum Gasteiger partial charge on any atom is 0.417 e. The largest absolute Gasteiger partial charge is 0.417 e. The number of oxazole rings is 1. The van der Waals surface area contributed by atoms with Crippen LogP contribution in [0.2, 0.25) is 0 Å². The minimum Gasteiger partial charge on any atom is -0.408 e. The normalized spacial score (nSPS) is 12.3. The van der Waals surface area contributed by atoms with Crippen LogP contribution in [0.4, 0.5) is 11.4 Å².